The van der Waals surface area contributed by atoms with E-state index in [2.05, 4.69) is 39.0 Å². The summed E-state index contributed by atoms with van der Waals surface area (Å²) in [5, 5.41) is 0. The number of hydrogen-bond donors (Lipinski definition) is 0. The lowest BCUT2D eigenvalue weighted by Gasteiger charge is -2.41. The Balaban J connectivity index is 1.99. The lowest BCUT2D eigenvalue weighted by Crippen LogP contribution is -2.48. The number of aryl methyl sites for hydroxylation is 1. The summed E-state index contributed by atoms with van der Waals surface area (Å²) in [6.07, 6.45) is 2.41. The summed E-state index contributed by atoms with van der Waals surface area (Å²) in [7, 11) is 0. The molecule has 1 saturated heterocycles. The summed E-state index contributed by atoms with van der Waals surface area (Å²) >= 11 is 3.54. The van der Waals surface area contributed by atoms with Crippen molar-refractivity contribution in [3.8, 4) is 0 Å². The molecule has 0 amide bonds. The number of rotatable bonds is 0. The van der Waals surface area contributed by atoms with Crippen molar-refractivity contribution in [1.29, 1.82) is 0 Å². The minimum absolute atomic E-state index is 0.604. The fourth-order valence-electron chi connectivity index (χ4n) is 2.57. The third-order valence-electron chi connectivity index (χ3n) is 3.33. The fourth-order valence-corrected chi connectivity index (χ4v) is 2.98. The Labute approximate surface area is 98.4 Å². The summed E-state index contributed by atoms with van der Waals surface area (Å²) in [5.74, 6) is 0. The van der Waals surface area contributed by atoms with Gasteiger partial charge in [-0.2, -0.15) is 0 Å². The fraction of sp³-hybridized carbons (Fsp3) is 0.500. The number of fused-ring (bicyclic) bond motifs is 3. The first kappa shape index (κ1) is 9.67. The van der Waals surface area contributed by atoms with Crippen LogP contribution in [0.2, 0.25) is 0 Å². The third kappa shape index (κ3) is 1.68. The van der Waals surface area contributed by atoms with E-state index in [9.17, 15) is 0 Å². The third-order valence-corrected chi connectivity index (χ3v) is 3.82. The molecular weight excluding hydrogens is 254 g/mol. The van der Waals surface area contributed by atoms with Crippen molar-refractivity contribution in [2.24, 2.45) is 0 Å². The van der Waals surface area contributed by atoms with E-state index in [0.717, 1.165) is 19.8 Å². The van der Waals surface area contributed by atoms with E-state index in [-0.39, 0.29) is 0 Å². The lowest BCUT2D eigenvalue weighted by atomic mass is 9.95. The first-order valence-corrected chi connectivity index (χ1v) is 6.27. The number of halogens is 1. The van der Waals surface area contributed by atoms with Crippen LogP contribution in [-0.2, 0) is 11.2 Å². The first-order valence-electron chi connectivity index (χ1n) is 5.47. The molecule has 0 saturated carbocycles. The SMILES string of the molecule is Brc1ccc2c(c1)CC[C@@H]1COCCN21. The van der Waals surface area contributed by atoms with Crippen LogP contribution in [0.1, 0.15) is 12.0 Å². The summed E-state index contributed by atoms with van der Waals surface area (Å²) in [5.41, 5.74) is 2.89. The van der Waals surface area contributed by atoms with Gasteiger partial charge >= 0.3 is 0 Å². The normalized spacial score (nSPS) is 24.6. The topological polar surface area (TPSA) is 12.5 Å². The standard InChI is InChI=1S/C12H14BrNO/c13-10-2-4-12-9(7-10)1-3-11-8-15-6-5-14(11)12/h2,4,7,11H,1,3,5-6,8H2/t11-/m1/s1. The van der Waals surface area contributed by atoms with E-state index in [1.165, 1.54) is 28.6 Å². The number of hydrogen-bond acceptors (Lipinski definition) is 2. The van der Waals surface area contributed by atoms with E-state index < -0.39 is 0 Å². The van der Waals surface area contributed by atoms with Gasteiger partial charge in [0.15, 0.2) is 0 Å². The van der Waals surface area contributed by atoms with E-state index in [1.807, 2.05) is 0 Å². The van der Waals surface area contributed by atoms with Gasteiger partial charge < -0.3 is 9.64 Å². The Morgan fingerprint density at radius 3 is 3.27 bits per heavy atom. The number of morpholine rings is 1. The molecule has 15 heavy (non-hydrogen) atoms. The molecule has 0 aromatic heterocycles. The maximum atomic E-state index is 5.53. The van der Waals surface area contributed by atoms with Crippen LogP contribution in [0, 0.1) is 0 Å². The van der Waals surface area contributed by atoms with Crippen LogP contribution < -0.4 is 4.90 Å². The Bertz CT molecular complexity index is 380. The molecule has 0 spiro atoms. The van der Waals surface area contributed by atoms with Gasteiger partial charge in [-0.25, -0.2) is 0 Å². The minimum atomic E-state index is 0.604. The molecule has 1 aromatic rings. The average molecular weight is 268 g/mol. The molecule has 2 aliphatic heterocycles. The molecule has 0 N–H and O–H groups in total. The molecule has 0 aliphatic carbocycles. The van der Waals surface area contributed by atoms with E-state index in [4.69, 9.17) is 4.74 Å². The molecule has 0 radical (unpaired) electrons. The molecule has 2 nitrogen and oxygen atoms in total. The van der Waals surface area contributed by atoms with Gasteiger partial charge in [0.1, 0.15) is 0 Å². The zero-order valence-corrected chi connectivity index (χ0v) is 10.2. The molecule has 0 unspecified atom stereocenters. The quantitative estimate of drug-likeness (QED) is 0.717. The highest BCUT2D eigenvalue weighted by Gasteiger charge is 2.28. The number of nitrogens with zero attached hydrogens (tertiary/aromatic N) is 1. The molecule has 1 fully saturated rings. The molecule has 80 valence electrons. The van der Waals surface area contributed by atoms with Gasteiger partial charge in [0, 0.05) is 16.7 Å². The van der Waals surface area contributed by atoms with E-state index >= 15 is 0 Å². The van der Waals surface area contributed by atoms with Crippen LogP contribution in [0.4, 0.5) is 5.69 Å². The Morgan fingerprint density at radius 1 is 1.40 bits per heavy atom. The number of benzene rings is 1. The molecular formula is C12H14BrNO. The molecule has 1 aromatic carbocycles. The minimum Gasteiger partial charge on any atom is -0.377 e. The smallest absolute Gasteiger partial charge is 0.0671 e. The highest BCUT2D eigenvalue weighted by molar-refractivity contribution is 9.10. The second-order valence-electron chi connectivity index (χ2n) is 4.23. The van der Waals surface area contributed by atoms with Crippen molar-refractivity contribution >= 4 is 21.6 Å². The molecule has 2 heterocycles. The highest BCUT2D eigenvalue weighted by Crippen LogP contribution is 2.33. The first-order chi connectivity index (χ1) is 7.34. The maximum Gasteiger partial charge on any atom is 0.0671 e. The van der Waals surface area contributed by atoms with Crippen LogP contribution in [0.15, 0.2) is 22.7 Å². The van der Waals surface area contributed by atoms with Crippen LogP contribution in [0.5, 0.6) is 0 Å². The number of anilines is 1. The lowest BCUT2D eigenvalue weighted by molar-refractivity contribution is 0.0896. The highest BCUT2D eigenvalue weighted by atomic mass is 79.9. The Kier molecular flexibility index (Phi) is 2.45. The van der Waals surface area contributed by atoms with Gasteiger partial charge in [0.25, 0.3) is 0 Å². The van der Waals surface area contributed by atoms with Crippen LogP contribution in [0.3, 0.4) is 0 Å². The van der Waals surface area contributed by atoms with Crippen molar-refractivity contribution in [2.45, 2.75) is 18.9 Å². The van der Waals surface area contributed by atoms with Crippen molar-refractivity contribution in [3.63, 3.8) is 0 Å². The average Bonchev–Trinajstić information content (AvgIpc) is 2.28. The second kappa shape index (κ2) is 3.80. The predicted molar refractivity (Wildman–Crippen MR) is 64.4 cm³/mol. The van der Waals surface area contributed by atoms with Crippen molar-refractivity contribution < 1.29 is 4.74 Å². The van der Waals surface area contributed by atoms with E-state index in [0.29, 0.717) is 6.04 Å². The van der Waals surface area contributed by atoms with Crippen LogP contribution in [0.25, 0.3) is 0 Å². The van der Waals surface area contributed by atoms with Crippen LogP contribution >= 0.6 is 15.9 Å². The van der Waals surface area contributed by atoms with E-state index in [1.54, 1.807) is 0 Å². The van der Waals surface area contributed by atoms with Crippen LogP contribution in [-0.4, -0.2) is 25.8 Å². The summed E-state index contributed by atoms with van der Waals surface area (Å²) in [6.45, 7) is 2.81. The number of ether oxygens (including phenoxy) is 1. The van der Waals surface area contributed by atoms with Gasteiger partial charge in [-0.1, -0.05) is 15.9 Å². The summed E-state index contributed by atoms with van der Waals surface area (Å²) < 4.78 is 6.71. The largest absolute Gasteiger partial charge is 0.377 e. The zero-order chi connectivity index (χ0) is 10.3. The summed E-state index contributed by atoms with van der Waals surface area (Å²) in [6, 6.07) is 7.22. The summed E-state index contributed by atoms with van der Waals surface area (Å²) in [4.78, 5) is 2.51. The second-order valence-corrected chi connectivity index (χ2v) is 5.15. The zero-order valence-electron chi connectivity index (χ0n) is 8.58. The monoisotopic (exact) mass is 267 g/mol. The predicted octanol–water partition coefficient (Wildman–Crippen LogP) is 2.60. The van der Waals surface area contributed by atoms with Gasteiger partial charge in [-0.15, -0.1) is 0 Å². The Morgan fingerprint density at radius 2 is 2.33 bits per heavy atom. The molecule has 3 rings (SSSR count). The van der Waals surface area contributed by atoms with Gasteiger partial charge in [0.2, 0.25) is 0 Å². The molecule has 2 aliphatic rings. The van der Waals surface area contributed by atoms with Gasteiger partial charge in [-0.05, 0) is 36.6 Å². The Hall–Kier alpha value is -0.540. The molecule has 0 bridgehead atoms. The molecule has 1 atom stereocenters. The van der Waals surface area contributed by atoms with Crippen molar-refractivity contribution in [1.82, 2.24) is 0 Å². The van der Waals surface area contributed by atoms with Gasteiger partial charge in [-0.3, -0.25) is 0 Å². The van der Waals surface area contributed by atoms with Gasteiger partial charge in [0.05, 0.1) is 19.3 Å². The van der Waals surface area contributed by atoms with Crippen molar-refractivity contribution in [2.75, 3.05) is 24.7 Å². The maximum absolute atomic E-state index is 5.53. The molecule has 3 heteroatoms. The van der Waals surface area contributed by atoms with Crippen molar-refractivity contribution in [3.05, 3.63) is 28.2 Å².